The Morgan fingerprint density at radius 3 is 3.08 bits per heavy atom. The van der Waals surface area contributed by atoms with E-state index in [1.165, 1.54) is 0 Å². The van der Waals surface area contributed by atoms with E-state index in [2.05, 4.69) is 26.3 Å². The third-order valence-corrected chi connectivity index (χ3v) is 1.88. The van der Waals surface area contributed by atoms with Gasteiger partial charge in [0.25, 0.3) is 0 Å². The van der Waals surface area contributed by atoms with Gasteiger partial charge in [0.1, 0.15) is 0 Å². The molecule has 0 saturated heterocycles. The molecule has 1 aromatic heterocycles. The van der Waals surface area contributed by atoms with Crippen LogP contribution in [0.4, 0.5) is 0 Å². The van der Waals surface area contributed by atoms with Crippen LogP contribution in [0.1, 0.15) is 5.56 Å². The number of aromatic nitrogens is 2. The number of hydrogen-bond donors (Lipinski definition) is 1. The molecule has 0 aliphatic rings. The highest BCUT2D eigenvalue weighted by molar-refractivity contribution is 9.09. The van der Waals surface area contributed by atoms with Gasteiger partial charge in [-0.05, 0) is 0 Å². The zero-order chi connectivity index (χ0) is 8.97. The van der Waals surface area contributed by atoms with Crippen molar-refractivity contribution in [1.29, 1.82) is 0 Å². The summed E-state index contributed by atoms with van der Waals surface area (Å²) in [5.74, 6) is -0.0150. The average Bonchev–Trinajstić information content (AvgIpc) is 2.47. The summed E-state index contributed by atoms with van der Waals surface area (Å²) in [5.41, 5.74) is 1.01. The molecule has 0 spiro atoms. The summed E-state index contributed by atoms with van der Waals surface area (Å²) in [4.78, 5) is 10.8. The van der Waals surface area contributed by atoms with Crippen LogP contribution in [0.3, 0.4) is 0 Å². The smallest absolute Gasteiger partial charge is 0.230 e. The topological polar surface area (TPSA) is 46.9 Å². The summed E-state index contributed by atoms with van der Waals surface area (Å²) >= 11 is 3.06. The van der Waals surface area contributed by atoms with E-state index in [4.69, 9.17) is 0 Å². The SMILES string of the molecule is Cn1cc(CNC(=O)CBr)cn1. The summed E-state index contributed by atoms with van der Waals surface area (Å²) in [7, 11) is 1.84. The lowest BCUT2D eigenvalue weighted by Crippen LogP contribution is -2.23. The molecule has 0 aliphatic carbocycles. The maximum Gasteiger partial charge on any atom is 0.230 e. The van der Waals surface area contributed by atoms with E-state index in [0.717, 1.165) is 5.56 Å². The molecule has 0 atom stereocenters. The van der Waals surface area contributed by atoms with E-state index < -0.39 is 0 Å². The summed E-state index contributed by atoms with van der Waals surface area (Å²) in [6, 6.07) is 0. The van der Waals surface area contributed by atoms with Crippen molar-refractivity contribution >= 4 is 21.8 Å². The molecule has 0 bridgehead atoms. The third-order valence-electron chi connectivity index (χ3n) is 1.37. The third kappa shape index (κ3) is 2.65. The van der Waals surface area contributed by atoms with E-state index in [0.29, 0.717) is 11.9 Å². The number of carbonyl (C=O) groups is 1. The normalized spacial score (nSPS) is 9.83. The Morgan fingerprint density at radius 2 is 2.58 bits per heavy atom. The minimum Gasteiger partial charge on any atom is -0.351 e. The van der Waals surface area contributed by atoms with Crippen molar-refractivity contribution in [3.05, 3.63) is 18.0 Å². The van der Waals surface area contributed by atoms with Crippen LogP contribution in [0.15, 0.2) is 12.4 Å². The summed E-state index contributed by atoms with van der Waals surface area (Å²) in [5, 5.41) is 7.04. The molecule has 0 aromatic carbocycles. The van der Waals surface area contributed by atoms with Crippen molar-refractivity contribution in [2.45, 2.75) is 6.54 Å². The van der Waals surface area contributed by atoms with E-state index in [9.17, 15) is 4.79 Å². The Morgan fingerprint density at radius 1 is 1.83 bits per heavy atom. The van der Waals surface area contributed by atoms with Gasteiger partial charge in [0, 0.05) is 25.4 Å². The first kappa shape index (κ1) is 9.25. The van der Waals surface area contributed by atoms with Gasteiger partial charge in [0.05, 0.1) is 11.5 Å². The van der Waals surface area contributed by atoms with Gasteiger partial charge in [-0.15, -0.1) is 0 Å². The maximum absolute atomic E-state index is 10.8. The van der Waals surface area contributed by atoms with Gasteiger partial charge in [-0.1, -0.05) is 15.9 Å². The van der Waals surface area contributed by atoms with Gasteiger partial charge < -0.3 is 5.32 Å². The van der Waals surface area contributed by atoms with Crippen LogP contribution < -0.4 is 5.32 Å². The molecule has 1 rings (SSSR count). The van der Waals surface area contributed by atoms with Crippen molar-refractivity contribution < 1.29 is 4.79 Å². The number of hydrogen-bond acceptors (Lipinski definition) is 2. The van der Waals surface area contributed by atoms with Crippen molar-refractivity contribution in [2.75, 3.05) is 5.33 Å². The molecule has 0 radical (unpaired) electrons. The second kappa shape index (κ2) is 4.25. The number of halogens is 1. The zero-order valence-corrected chi connectivity index (χ0v) is 8.34. The largest absolute Gasteiger partial charge is 0.351 e. The van der Waals surface area contributed by atoms with Crippen LogP contribution >= 0.6 is 15.9 Å². The van der Waals surface area contributed by atoms with Crippen LogP contribution in [0.25, 0.3) is 0 Å². The summed E-state index contributed by atoms with van der Waals surface area (Å²) in [6.45, 7) is 0.540. The first-order valence-corrected chi connectivity index (χ1v) is 4.64. The van der Waals surface area contributed by atoms with Gasteiger partial charge >= 0.3 is 0 Å². The molecular weight excluding hydrogens is 222 g/mol. The van der Waals surface area contributed by atoms with Crippen LogP contribution in [0.5, 0.6) is 0 Å². The van der Waals surface area contributed by atoms with E-state index in [1.807, 2.05) is 13.2 Å². The summed E-state index contributed by atoms with van der Waals surface area (Å²) in [6.07, 6.45) is 3.60. The molecule has 0 fully saturated rings. The fraction of sp³-hybridized carbons (Fsp3) is 0.429. The minimum atomic E-state index is -0.0150. The van der Waals surface area contributed by atoms with E-state index >= 15 is 0 Å². The van der Waals surface area contributed by atoms with Gasteiger partial charge in [-0.2, -0.15) is 5.10 Å². The molecule has 1 N–H and O–H groups in total. The highest BCUT2D eigenvalue weighted by atomic mass is 79.9. The lowest BCUT2D eigenvalue weighted by molar-refractivity contribution is -0.118. The Bertz CT molecular complexity index is 271. The Balaban J connectivity index is 2.38. The highest BCUT2D eigenvalue weighted by Gasteiger charge is 1.99. The molecule has 1 heterocycles. The number of alkyl halides is 1. The number of aryl methyl sites for hydroxylation is 1. The van der Waals surface area contributed by atoms with Gasteiger partial charge in [-0.25, -0.2) is 0 Å². The van der Waals surface area contributed by atoms with Crippen molar-refractivity contribution in [3.63, 3.8) is 0 Å². The molecule has 1 aromatic rings. The van der Waals surface area contributed by atoms with E-state index in [1.54, 1.807) is 10.9 Å². The Labute approximate surface area is 79.1 Å². The van der Waals surface area contributed by atoms with Crippen molar-refractivity contribution in [1.82, 2.24) is 15.1 Å². The molecule has 0 unspecified atom stereocenters. The fourth-order valence-electron chi connectivity index (χ4n) is 0.811. The summed E-state index contributed by atoms with van der Waals surface area (Å²) < 4.78 is 1.70. The van der Waals surface area contributed by atoms with Crippen LogP contribution in [0.2, 0.25) is 0 Å². The predicted molar refractivity (Wildman–Crippen MR) is 48.8 cm³/mol. The molecule has 0 saturated carbocycles. The molecule has 0 aliphatic heterocycles. The lowest BCUT2D eigenvalue weighted by Gasteiger charge is -1.98. The second-order valence-corrected chi connectivity index (χ2v) is 2.99. The number of nitrogens with zero attached hydrogens (tertiary/aromatic N) is 2. The predicted octanol–water partition coefficient (Wildman–Crippen LogP) is 0.431. The van der Waals surface area contributed by atoms with E-state index in [-0.39, 0.29) is 5.91 Å². The number of rotatable bonds is 3. The van der Waals surface area contributed by atoms with Gasteiger partial charge in [-0.3, -0.25) is 9.48 Å². The zero-order valence-electron chi connectivity index (χ0n) is 6.75. The van der Waals surface area contributed by atoms with Crippen LogP contribution in [-0.2, 0) is 18.4 Å². The number of carbonyl (C=O) groups excluding carboxylic acids is 1. The van der Waals surface area contributed by atoms with Crippen molar-refractivity contribution in [2.24, 2.45) is 7.05 Å². The monoisotopic (exact) mass is 231 g/mol. The average molecular weight is 232 g/mol. The molecule has 12 heavy (non-hydrogen) atoms. The molecule has 5 heteroatoms. The minimum absolute atomic E-state index is 0.0150. The molecular formula is C7H10BrN3O. The quantitative estimate of drug-likeness (QED) is 0.768. The lowest BCUT2D eigenvalue weighted by atomic mass is 10.3. The Kier molecular flexibility index (Phi) is 3.28. The second-order valence-electron chi connectivity index (χ2n) is 2.43. The van der Waals surface area contributed by atoms with Crippen LogP contribution in [0, 0.1) is 0 Å². The first-order chi connectivity index (χ1) is 5.72. The molecule has 1 amide bonds. The Hall–Kier alpha value is -0.840. The molecule has 4 nitrogen and oxygen atoms in total. The fourth-order valence-corrected chi connectivity index (χ4v) is 1.01. The molecule has 66 valence electrons. The van der Waals surface area contributed by atoms with Crippen LogP contribution in [-0.4, -0.2) is 21.0 Å². The van der Waals surface area contributed by atoms with Gasteiger partial charge in [0.15, 0.2) is 0 Å². The number of amides is 1. The first-order valence-electron chi connectivity index (χ1n) is 3.52. The van der Waals surface area contributed by atoms with Gasteiger partial charge in [0.2, 0.25) is 5.91 Å². The number of nitrogens with one attached hydrogen (secondary N) is 1. The van der Waals surface area contributed by atoms with Crippen molar-refractivity contribution in [3.8, 4) is 0 Å². The maximum atomic E-state index is 10.8. The standard InChI is InChI=1S/C7H10BrN3O/c1-11-5-6(4-10-11)3-9-7(12)2-8/h4-5H,2-3H2,1H3,(H,9,12). The highest BCUT2D eigenvalue weighted by Crippen LogP contribution is 1.94.